The summed E-state index contributed by atoms with van der Waals surface area (Å²) in [4.78, 5) is 72.7. The van der Waals surface area contributed by atoms with Gasteiger partial charge in [-0.15, -0.1) is 0 Å². The molecule has 0 aromatic carbocycles. The number of unbranched alkanes of at least 4 members (excludes halogenated alkanes) is 36. The first-order valence-corrected chi connectivity index (χ1v) is 40.7. The fraction of sp³-hybridized carbons (Fsp3) is 0.945. The normalized spacial score (nSPS) is 14.2. The number of aliphatic hydroxyl groups excluding tert-OH is 1. The van der Waals surface area contributed by atoms with Gasteiger partial charge in [-0.1, -0.05) is 312 Å². The molecule has 0 radical (unpaired) electrons. The maximum absolute atomic E-state index is 13.0. The third kappa shape index (κ3) is 66.7. The average molecular weight is 1350 g/mol. The van der Waals surface area contributed by atoms with E-state index in [1.54, 1.807) is 0 Å². The quantitative estimate of drug-likeness (QED) is 0.0222. The van der Waals surface area contributed by atoms with E-state index >= 15 is 0 Å². The van der Waals surface area contributed by atoms with Crippen LogP contribution in [0.1, 0.15) is 364 Å². The first-order chi connectivity index (χ1) is 44.1. The maximum Gasteiger partial charge on any atom is 0.472 e. The molecule has 5 atom stereocenters. The van der Waals surface area contributed by atoms with Crippen LogP contribution >= 0.6 is 15.6 Å². The van der Waals surface area contributed by atoms with Crippen molar-refractivity contribution < 1.29 is 80.2 Å². The lowest BCUT2D eigenvalue weighted by molar-refractivity contribution is -0.161. The molecule has 17 nitrogen and oxygen atoms in total. The monoisotopic (exact) mass is 1350 g/mol. The first kappa shape index (κ1) is 90.1. The van der Waals surface area contributed by atoms with E-state index < -0.39 is 97.5 Å². The number of ether oxygens (including phenoxy) is 4. The summed E-state index contributed by atoms with van der Waals surface area (Å²) in [6.45, 7) is 14.1. The molecule has 0 fully saturated rings. The lowest BCUT2D eigenvalue weighted by Gasteiger charge is -2.21. The zero-order valence-corrected chi connectivity index (χ0v) is 62.0. The van der Waals surface area contributed by atoms with Crippen molar-refractivity contribution in [3.63, 3.8) is 0 Å². The second-order valence-corrected chi connectivity index (χ2v) is 31.1. The zero-order chi connectivity index (χ0) is 68.2. The minimum atomic E-state index is -4.95. The van der Waals surface area contributed by atoms with Crippen molar-refractivity contribution in [1.29, 1.82) is 0 Å². The van der Waals surface area contributed by atoms with Crippen LogP contribution in [0.4, 0.5) is 0 Å². The number of carbonyl (C=O) groups excluding carboxylic acids is 4. The van der Waals surface area contributed by atoms with Gasteiger partial charge in [0.15, 0.2) is 12.2 Å². The highest BCUT2D eigenvalue weighted by atomic mass is 31.2. The van der Waals surface area contributed by atoms with Crippen LogP contribution < -0.4 is 0 Å². The third-order valence-corrected chi connectivity index (χ3v) is 18.7. The minimum absolute atomic E-state index is 0.105. The van der Waals surface area contributed by atoms with Gasteiger partial charge in [0.2, 0.25) is 0 Å². The Morgan fingerprint density at radius 1 is 0.272 bits per heavy atom. The van der Waals surface area contributed by atoms with E-state index in [0.29, 0.717) is 31.6 Å². The van der Waals surface area contributed by atoms with Gasteiger partial charge in [0.05, 0.1) is 26.4 Å². The molecule has 3 unspecified atom stereocenters. The smallest absolute Gasteiger partial charge is 0.462 e. The molecule has 0 saturated heterocycles. The summed E-state index contributed by atoms with van der Waals surface area (Å²) in [7, 11) is -9.91. The van der Waals surface area contributed by atoms with Gasteiger partial charge in [0.25, 0.3) is 0 Å². The molecule has 3 N–H and O–H groups in total. The van der Waals surface area contributed by atoms with E-state index in [2.05, 4.69) is 55.4 Å². The second kappa shape index (κ2) is 62.6. The van der Waals surface area contributed by atoms with Crippen LogP contribution in [0, 0.1) is 23.7 Å². The number of carbonyl (C=O) groups is 4. The molecule has 0 heterocycles. The van der Waals surface area contributed by atoms with Gasteiger partial charge in [0.1, 0.15) is 19.3 Å². The number of phosphoric acid groups is 2. The van der Waals surface area contributed by atoms with Gasteiger partial charge in [-0.25, -0.2) is 9.13 Å². The van der Waals surface area contributed by atoms with E-state index in [1.165, 1.54) is 161 Å². The first-order valence-electron chi connectivity index (χ1n) is 37.7. The molecule has 92 heavy (non-hydrogen) atoms. The summed E-state index contributed by atoms with van der Waals surface area (Å²) in [6.07, 6.45) is 45.9. The molecule has 0 spiro atoms. The molecule has 0 aromatic rings. The van der Waals surface area contributed by atoms with Gasteiger partial charge < -0.3 is 33.8 Å². The third-order valence-electron chi connectivity index (χ3n) is 16.8. The summed E-state index contributed by atoms with van der Waals surface area (Å²) in [5.74, 6) is 0.866. The fourth-order valence-electron chi connectivity index (χ4n) is 11.0. The average Bonchev–Trinajstić information content (AvgIpc) is 2.26. The lowest BCUT2D eigenvalue weighted by Crippen LogP contribution is -2.30. The number of hydrogen-bond acceptors (Lipinski definition) is 15. The lowest BCUT2D eigenvalue weighted by atomic mass is 10.0. The van der Waals surface area contributed by atoms with Crippen LogP contribution in [0.25, 0.3) is 0 Å². The van der Waals surface area contributed by atoms with Crippen LogP contribution in [0.3, 0.4) is 0 Å². The van der Waals surface area contributed by atoms with E-state index in [0.717, 1.165) is 114 Å². The van der Waals surface area contributed by atoms with Crippen LogP contribution in [0.5, 0.6) is 0 Å². The topological polar surface area (TPSA) is 237 Å². The van der Waals surface area contributed by atoms with Gasteiger partial charge >= 0.3 is 39.5 Å². The Balaban J connectivity index is 5.24. The fourth-order valence-corrected chi connectivity index (χ4v) is 12.6. The molecule has 0 aliphatic heterocycles. The Bertz CT molecular complexity index is 1820. The van der Waals surface area contributed by atoms with Crippen LogP contribution in [-0.4, -0.2) is 96.7 Å². The minimum Gasteiger partial charge on any atom is -0.462 e. The number of rotatable bonds is 70. The summed E-state index contributed by atoms with van der Waals surface area (Å²) in [6, 6.07) is 0. The Kier molecular flexibility index (Phi) is 61.3. The van der Waals surface area contributed by atoms with Crippen molar-refractivity contribution >= 4 is 39.5 Å². The van der Waals surface area contributed by atoms with Gasteiger partial charge in [-0.2, -0.15) is 0 Å². The maximum atomic E-state index is 13.0. The molecule has 0 aliphatic rings. The Morgan fingerprint density at radius 3 is 0.674 bits per heavy atom. The molecule has 0 rings (SSSR count). The second-order valence-electron chi connectivity index (χ2n) is 28.2. The van der Waals surface area contributed by atoms with Crippen LogP contribution in [0.15, 0.2) is 0 Å². The summed E-state index contributed by atoms with van der Waals surface area (Å²) in [5.41, 5.74) is 0. The largest absolute Gasteiger partial charge is 0.472 e. The molecule has 19 heteroatoms. The summed E-state index contributed by atoms with van der Waals surface area (Å²) >= 11 is 0. The highest BCUT2D eigenvalue weighted by Gasteiger charge is 2.30. The standard InChI is InChI=1S/C73H142O17P2/c1-63(2)49-41-33-25-18-14-11-9-10-12-16-20-30-39-47-55-72(77)90-69(60-84-71(76)54-46-38-32-24-28-36-44-52-66(7)8)62-88-92(81,82)86-58-67(74)57-85-91(79,80)87-61-68(59-83-70(75)53-45-37-29-23-22-27-35-43-51-65(5)6)89-73(78)56-48-40-31-21-17-13-15-19-26-34-42-50-64(3)4/h63-69,74H,9-62H2,1-8H3,(H,79,80)(H,81,82)/t67?,68-,69-/m1/s1. The highest BCUT2D eigenvalue weighted by molar-refractivity contribution is 7.47. The predicted molar refractivity (Wildman–Crippen MR) is 372 cm³/mol. The van der Waals surface area contributed by atoms with Crippen molar-refractivity contribution in [2.45, 2.75) is 382 Å². The van der Waals surface area contributed by atoms with E-state index in [4.69, 9.17) is 37.0 Å². The SMILES string of the molecule is CC(C)CCCCCCCCCCCCCCCCC(=O)O[C@H](COC(=O)CCCCCCCCCC(C)C)COP(=O)(O)OCC(O)COP(=O)(O)OC[C@@H](COC(=O)CCCCCCCCCCC(C)C)OC(=O)CCCCCCCCCCCCCC(C)C. The Labute approximate surface area is 562 Å². The van der Waals surface area contributed by atoms with E-state index in [-0.39, 0.29) is 25.7 Å². The molecule has 0 bridgehead atoms. The van der Waals surface area contributed by atoms with Crippen LogP contribution in [0.2, 0.25) is 0 Å². The molecular formula is C73H142O17P2. The van der Waals surface area contributed by atoms with Crippen LogP contribution in [-0.2, 0) is 65.4 Å². The number of hydrogen-bond donors (Lipinski definition) is 3. The van der Waals surface area contributed by atoms with E-state index in [1.807, 2.05) is 0 Å². The van der Waals surface area contributed by atoms with E-state index in [9.17, 15) is 43.2 Å². The molecule has 546 valence electrons. The summed E-state index contributed by atoms with van der Waals surface area (Å²) < 4.78 is 68.4. The van der Waals surface area contributed by atoms with Crippen molar-refractivity contribution in [3.05, 3.63) is 0 Å². The molecule has 0 amide bonds. The molecular weight excluding hydrogens is 1210 g/mol. The van der Waals surface area contributed by atoms with Gasteiger partial charge in [0, 0.05) is 25.7 Å². The highest BCUT2D eigenvalue weighted by Crippen LogP contribution is 2.45. The van der Waals surface area contributed by atoms with Crippen molar-refractivity contribution in [2.24, 2.45) is 23.7 Å². The summed E-state index contributed by atoms with van der Waals surface area (Å²) in [5, 5.41) is 10.6. The Morgan fingerprint density at radius 2 is 0.457 bits per heavy atom. The molecule has 0 aliphatic carbocycles. The van der Waals surface area contributed by atoms with Crippen molar-refractivity contribution in [1.82, 2.24) is 0 Å². The predicted octanol–water partition coefficient (Wildman–Crippen LogP) is 20.9. The zero-order valence-electron chi connectivity index (χ0n) is 60.2. The molecule has 0 saturated carbocycles. The van der Waals surface area contributed by atoms with Crippen molar-refractivity contribution in [2.75, 3.05) is 39.6 Å². The molecule has 0 aromatic heterocycles. The van der Waals surface area contributed by atoms with Gasteiger partial charge in [-0.3, -0.25) is 37.3 Å². The Hall–Kier alpha value is -1.94. The number of aliphatic hydroxyl groups is 1. The van der Waals surface area contributed by atoms with Gasteiger partial charge in [-0.05, 0) is 49.4 Å². The number of esters is 4. The van der Waals surface area contributed by atoms with Crippen molar-refractivity contribution in [3.8, 4) is 0 Å². The number of phosphoric ester groups is 2.